The Bertz CT molecular complexity index is 266. The number of nitrogens with zero attached hydrogens (tertiary/aromatic N) is 2. The molecule has 11 heavy (non-hydrogen) atoms. The van der Waals surface area contributed by atoms with Gasteiger partial charge in [0.1, 0.15) is 5.82 Å². The molecule has 0 fully saturated rings. The lowest BCUT2D eigenvalue weighted by Crippen LogP contribution is -2.23. The molecule has 0 saturated carbocycles. The zero-order chi connectivity index (χ0) is 9.07. The summed E-state index contributed by atoms with van der Waals surface area (Å²) >= 11 is 0. The van der Waals surface area contributed by atoms with Gasteiger partial charge in [0.15, 0.2) is 0 Å². The Labute approximate surface area is 67.3 Å². The summed E-state index contributed by atoms with van der Waals surface area (Å²) in [6.07, 6.45) is 2.69. The van der Waals surface area contributed by atoms with Crippen molar-refractivity contribution in [2.75, 3.05) is 13.3 Å². The largest absolute Gasteiger partial charge is 0.257 e. The molecule has 0 aromatic rings. The minimum atomic E-state index is -3.19. The molecule has 0 heterocycles. The van der Waals surface area contributed by atoms with Gasteiger partial charge in [0.25, 0.3) is 0 Å². The third-order valence-electron chi connectivity index (χ3n) is 1.24. The molecule has 0 aromatic carbocycles. The van der Waals surface area contributed by atoms with Gasteiger partial charge in [-0.25, -0.2) is 13.4 Å². The van der Waals surface area contributed by atoms with Gasteiger partial charge >= 0.3 is 0 Å². The molecule has 0 aliphatic rings. The highest BCUT2D eigenvalue weighted by molar-refractivity contribution is 7.88. The van der Waals surface area contributed by atoms with Gasteiger partial charge in [0.05, 0.1) is 6.26 Å². The highest BCUT2D eigenvalue weighted by Gasteiger charge is 2.11. The van der Waals surface area contributed by atoms with Crippen molar-refractivity contribution in [2.24, 2.45) is 4.99 Å². The minimum absolute atomic E-state index is 0.340. The molecule has 0 N–H and O–H groups in total. The van der Waals surface area contributed by atoms with Crippen molar-refractivity contribution >= 4 is 16.7 Å². The van der Waals surface area contributed by atoms with Crippen LogP contribution in [0.15, 0.2) is 16.9 Å². The normalized spacial score (nSPS) is 12.8. The Morgan fingerprint density at radius 1 is 1.64 bits per heavy atom. The van der Waals surface area contributed by atoms with E-state index in [1.165, 1.54) is 7.05 Å². The van der Waals surface area contributed by atoms with E-state index < -0.39 is 10.0 Å². The monoisotopic (exact) mass is 176 g/mol. The fraction of sp³-hybridized carbons (Fsp3) is 0.500. The summed E-state index contributed by atoms with van der Waals surface area (Å²) in [5, 5.41) is 0. The predicted octanol–water partition coefficient (Wildman–Crippen LogP) is 0.440. The number of allylic oxidation sites excluding steroid dienone is 1. The first-order valence-corrected chi connectivity index (χ1v) is 4.85. The highest BCUT2D eigenvalue weighted by Crippen LogP contribution is 2.05. The summed E-state index contributed by atoms with van der Waals surface area (Å²) in [5.41, 5.74) is 0. The molecule has 0 rings (SSSR count). The molecule has 0 atom stereocenters. The quantitative estimate of drug-likeness (QED) is 0.586. The molecule has 0 radical (unpaired) electrons. The van der Waals surface area contributed by atoms with Crippen molar-refractivity contribution in [2.45, 2.75) is 6.92 Å². The van der Waals surface area contributed by atoms with Crippen LogP contribution in [0, 0.1) is 0 Å². The summed E-state index contributed by atoms with van der Waals surface area (Å²) in [6.45, 7) is 4.94. The van der Waals surface area contributed by atoms with E-state index in [0.29, 0.717) is 5.82 Å². The maximum atomic E-state index is 10.9. The number of sulfonamides is 1. The van der Waals surface area contributed by atoms with Gasteiger partial charge in [-0.2, -0.15) is 0 Å². The Morgan fingerprint density at radius 3 is 2.18 bits per heavy atom. The van der Waals surface area contributed by atoms with E-state index in [-0.39, 0.29) is 0 Å². The number of rotatable bonds is 3. The first-order valence-electron chi connectivity index (χ1n) is 3.00. The van der Waals surface area contributed by atoms with E-state index in [0.717, 1.165) is 10.6 Å². The van der Waals surface area contributed by atoms with Gasteiger partial charge in [-0.1, -0.05) is 0 Å². The maximum Gasteiger partial charge on any atom is 0.233 e. The van der Waals surface area contributed by atoms with E-state index in [4.69, 9.17) is 0 Å². The fourth-order valence-corrected chi connectivity index (χ4v) is 1.05. The molecule has 0 aliphatic heterocycles. The minimum Gasteiger partial charge on any atom is -0.257 e. The van der Waals surface area contributed by atoms with Gasteiger partial charge in [-0.3, -0.25) is 4.31 Å². The van der Waals surface area contributed by atoms with E-state index in [9.17, 15) is 8.42 Å². The molecular formula is C6H12N2O2S. The van der Waals surface area contributed by atoms with Crippen molar-refractivity contribution in [1.82, 2.24) is 4.31 Å². The lowest BCUT2D eigenvalue weighted by molar-refractivity contribution is 0.528. The Kier molecular flexibility index (Phi) is 3.25. The standard InChI is InChI=1S/C6H12N2O2S/c1-5-6(7-2)8(3)11(4,9)10/h5H,2H2,1,3-4H3. The van der Waals surface area contributed by atoms with Crippen LogP contribution in [-0.4, -0.2) is 32.7 Å². The fourth-order valence-electron chi connectivity index (χ4n) is 0.543. The molecule has 0 aromatic heterocycles. The van der Waals surface area contributed by atoms with Crippen LogP contribution in [0.1, 0.15) is 6.92 Å². The summed E-state index contributed by atoms with van der Waals surface area (Å²) in [5.74, 6) is 0.340. The second-order valence-corrected chi connectivity index (χ2v) is 4.05. The van der Waals surface area contributed by atoms with Gasteiger partial charge in [0, 0.05) is 7.05 Å². The summed E-state index contributed by atoms with van der Waals surface area (Å²) in [7, 11) is -1.77. The number of hydrogen-bond donors (Lipinski definition) is 0. The van der Waals surface area contributed by atoms with Crippen LogP contribution in [0.3, 0.4) is 0 Å². The van der Waals surface area contributed by atoms with Crippen molar-refractivity contribution in [3.05, 3.63) is 11.9 Å². The molecular weight excluding hydrogens is 164 g/mol. The lowest BCUT2D eigenvalue weighted by Gasteiger charge is -2.15. The molecule has 4 nitrogen and oxygen atoms in total. The molecule has 0 bridgehead atoms. The molecule has 5 heteroatoms. The lowest BCUT2D eigenvalue weighted by atomic mass is 10.6. The van der Waals surface area contributed by atoms with E-state index >= 15 is 0 Å². The first-order chi connectivity index (χ1) is 4.93. The van der Waals surface area contributed by atoms with Crippen LogP contribution in [0.4, 0.5) is 0 Å². The van der Waals surface area contributed by atoms with Crippen molar-refractivity contribution in [1.29, 1.82) is 0 Å². The average molecular weight is 176 g/mol. The van der Waals surface area contributed by atoms with Gasteiger partial charge in [-0.15, -0.1) is 0 Å². The second kappa shape index (κ2) is 3.52. The third-order valence-corrected chi connectivity index (χ3v) is 2.42. The van der Waals surface area contributed by atoms with Crippen LogP contribution in [0.25, 0.3) is 0 Å². The van der Waals surface area contributed by atoms with E-state index in [2.05, 4.69) is 11.7 Å². The van der Waals surface area contributed by atoms with Crippen LogP contribution in [0.2, 0.25) is 0 Å². The maximum absolute atomic E-state index is 10.9. The zero-order valence-corrected chi connectivity index (χ0v) is 7.72. The third kappa shape index (κ3) is 2.71. The molecule has 64 valence electrons. The van der Waals surface area contributed by atoms with Crippen LogP contribution in [0.5, 0.6) is 0 Å². The molecule has 0 spiro atoms. The SMILES string of the molecule is C=NC(=CC)N(C)S(C)(=O)=O. The molecule has 0 aliphatic carbocycles. The smallest absolute Gasteiger partial charge is 0.233 e. The zero-order valence-electron chi connectivity index (χ0n) is 6.90. The highest BCUT2D eigenvalue weighted by atomic mass is 32.2. The molecule has 0 unspecified atom stereocenters. The summed E-state index contributed by atoms with van der Waals surface area (Å²) in [4.78, 5) is 3.53. The van der Waals surface area contributed by atoms with Crippen molar-refractivity contribution in [3.63, 3.8) is 0 Å². The number of hydrogen-bond acceptors (Lipinski definition) is 3. The second-order valence-electron chi connectivity index (χ2n) is 2.04. The average Bonchev–Trinajstić information content (AvgIpc) is 1.88. The Morgan fingerprint density at radius 2 is 2.09 bits per heavy atom. The topological polar surface area (TPSA) is 49.7 Å². The number of aliphatic imine (C=N–C) groups is 1. The first kappa shape index (κ1) is 10.2. The van der Waals surface area contributed by atoms with E-state index in [1.807, 2.05) is 0 Å². The van der Waals surface area contributed by atoms with Gasteiger partial charge in [0.2, 0.25) is 10.0 Å². The molecule has 0 saturated heterocycles. The van der Waals surface area contributed by atoms with Crippen LogP contribution in [-0.2, 0) is 10.0 Å². The van der Waals surface area contributed by atoms with Crippen molar-refractivity contribution in [3.8, 4) is 0 Å². The van der Waals surface area contributed by atoms with E-state index in [1.54, 1.807) is 13.0 Å². The van der Waals surface area contributed by atoms with Gasteiger partial charge in [-0.05, 0) is 19.7 Å². The summed E-state index contributed by atoms with van der Waals surface area (Å²) < 4.78 is 22.8. The van der Waals surface area contributed by atoms with Crippen LogP contribution < -0.4 is 0 Å². The van der Waals surface area contributed by atoms with Crippen molar-refractivity contribution < 1.29 is 8.42 Å². The Hall–Kier alpha value is -0.840. The van der Waals surface area contributed by atoms with Crippen LogP contribution >= 0.6 is 0 Å². The Balaban J connectivity index is 4.76. The van der Waals surface area contributed by atoms with Gasteiger partial charge < -0.3 is 0 Å². The summed E-state index contributed by atoms with van der Waals surface area (Å²) in [6, 6.07) is 0. The predicted molar refractivity (Wildman–Crippen MR) is 45.9 cm³/mol. The molecule has 0 amide bonds.